The SMILES string of the molecule is CCC(N)Cc1cc(Br)ccc1OCCc1cccnc1. The molecule has 4 heteroatoms. The molecule has 0 spiro atoms. The first-order valence-electron chi connectivity index (χ1n) is 7.24. The average Bonchev–Trinajstić information content (AvgIpc) is 2.50. The average molecular weight is 349 g/mol. The van der Waals surface area contributed by atoms with E-state index in [1.165, 1.54) is 5.56 Å². The maximum Gasteiger partial charge on any atom is 0.122 e. The quantitative estimate of drug-likeness (QED) is 0.828. The van der Waals surface area contributed by atoms with Crippen molar-refractivity contribution in [1.29, 1.82) is 0 Å². The number of pyridine rings is 1. The minimum atomic E-state index is 0.167. The van der Waals surface area contributed by atoms with Gasteiger partial charge in [0.05, 0.1) is 6.61 Å². The molecule has 2 rings (SSSR count). The van der Waals surface area contributed by atoms with Gasteiger partial charge in [0.1, 0.15) is 5.75 Å². The van der Waals surface area contributed by atoms with E-state index in [1.54, 1.807) is 6.20 Å². The third-order valence-electron chi connectivity index (χ3n) is 3.40. The zero-order valence-electron chi connectivity index (χ0n) is 12.3. The Labute approximate surface area is 134 Å². The van der Waals surface area contributed by atoms with E-state index in [4.69, 9.17) is 10.5 Å². The van der Waals surface area contributed by atoms with Gasteiger partial charge in [0.25, 0.3) is 0 Å². The van der Waals surface area contributed by atoms with Crippen LogP contribution in [0.15, 0.2) is 47.2 Å². The van der Waals surface area contributed by atoms with Gasteiger partial charge < -0.3 is 10.5 Å². The van der Waals surface area contributed by atoms with Crippen molar-refractivity contribution in [2.75, 3.05) is 6.61 Å². The number of halogens is 1. The summed E-state index contributed by atoms with van der Waals surface area (Å²) in [5.74, 6) is 0.922. The van der Waals surface area contributed by atoms with E-state index in [0.717, 1.165) is 35.0 Å². The second-order valence-corrected chi connectivity index (χ2v) is 6.00. The fourth-order valence-corrected chi connectivity index (χ4v) is 2.51. The van der Waals surface area contributed by atoms with Crippen LogP contribution in [-0.2, 0) is 12.8 Å². The topological polar surface area (TPSA) is 48.1 Å². The third kappa shape index (κ3) is 5.14. The van der Waals surface area contributed by atoms with Crippen LogP contribution in [0.2, 0.25) is 0 Å². The molecule has 112 valence electrons. The Morgan fingerprint density at radius 1 is 1.33 bits per heavy atom. The Morgan fingerprint density at radius 3 is 2.90 bits per heavy atom. The van der Waals surface area contributed by atoms with Crippen LogP contribution in [0.25, 0.3) is 0 Å². The lowest BCUT2D eigenvalue weighted by Gasteiger charge is -2.15. The number of nitrogens with two attached hydrogens (primary N) is 1. The lowest BCUT2D eigenvalue weighted by atomic mass is 10.0. The molecule has 2 N–H and O–H groups in total. The number of hydrogen-bond acceptors (Lipinski definition) is 3. The van der Waals surface area contributed by atoms with E-state index in [1.807, 2.05) is 24.4 Å². The summed E-state index contributed by atoms with van der Waals surface area (Å²) in [6.45, 7) is 2.74. The van der Waals surface area contributed by atoms with Crippen LogP contribution in [0.4, 0.5) is 0 Å². The zero-order chi connectivity index (χ0) is 15.1. The number of ether oxygens (including phenoxy) is 1. The largest absolute Gasteiger partial charge is 0.493 e. The van der Waals surface area contributed by atoms with Crippen LogP contribution in [0.1, 0.15) is 24.5 Å². The lowest BCUT2D eigenvalue weighted by Crippen LogP contribution is -2.21. The van der Waals surface area contributed by atoms with Gasteiger partial charge in [0.15, 0.2) is 0 Å². The van der Waals surface area contributed by atoms with Gasteiger partial charge in [-0.2, -0.15) is 0 Å². The Hall–Kier alpha value is -1.39. The molecule has 2 aromatic rings. The summed E-state index contributed by atoms with van der Waals surface area (Å²) in [5, 5.41) is 0. The molecule has 1 atom stereocenters. The standard InChI is InChI=1S/C17H21BrN2O/c1-2-16(19)11-14-10-15(18)5-6-17(14)21-9-7-13-4-3-8-20-12-13/h3-6,8,10,12,16H,2,7,9,11,19H2,1H3. The number of rotatable bonds is 7. The first-order chi connectivity index (χ1) is 10.2. The minimum absolute atomic E-state index is 0.167. The second-order valence-electron chi connectivity index (χ2n) is 5.08. The highest BCUT2D eigenvalue weighted by Gasteiger charge is 2.09. The normalized spacial score (nSPS) is 12.1. The Bertz CT molecular complexity index is 560. The molecule has 0 bridgehead atoms. The van der Waals surface area contributed by atoms with Gasteiger partial charge in [-0.15, -0.1) is 0 Å². The highest BCUT2D eigenvalue weighted by molar-refractivity contribution is 9.10. The van der Waals surface area contributed by atoms with E-state index >= 15 is 0 Å². The molecule has 0 fully saturated rings. The number of aromatic nitrogens is 1. The van der Waals surface area contributed by atoms with Gasteiger partial charge in [-0.1, -0.05) is 28.9 Å². The van der Waals surface area contributed by atoms with E-state index in [-0.39, 0.29) is 6.04 Å². The Morgan fingerprint density at radius 2 is 2.19 bits per heavy atom. The smallest absolute Gasteiger partial charge is 0.122 e. The van der Waals surface area contributed by atoms with Crippen LogP contribution >= 0.6 is 15.9 Å². The molecule has 0 radical (unpaired) electrons. The summed E-state index contributed by atoms with van der Waals surface area (Å²) in [6.07, 6.45) is 6.30. The molecular formula is C17H21BrN2O. The Kier molecular flexibility index (Phi) is 6.21. The van der Waals surface area contributed by atoms with Crippen molar-refractivity contribution in [3.8, 4) is 5.75 Å². The predicted molar refractivity (Wildman–Crippen MR) is 89.5 cm³/mol. The molecule has 1 aromatic heterocycles. The monoisotopic (exact) mass is 348 g/mol. The number of benzene rings is 1. The summed E-state index contributed by atoms with van der Waals surface area (Å²) in [4.78, 5) is 4.11. The van der Waals surface area contributed by atoms with Gasteiger partial charge >= 0.3 is 0 Å². The van der Waals surface area contributed by atoms with Gasteiger partial charge in [-0.25, -0.2) is 0 Å². The van der Waals surface area contributed by atoms with Crippen molar-refractivity contribution in [3.05, 3.63) is 58.3 Å². The van der Waals surface area contributed by atoms with Gasteiger partial charge in [-0.3, -0.25) is 4.98 Å². The van der Waals surface area contributed by atoms with Crippen LogP contribution in [-0.4, -0.2) is 17.6 Å². The first-order valence-corrected chi connectivity index (χ1v) is 8.04. The zero-order valence-corrected chi connectivity index (χ0v) is 13.8. The van der Waals surface area contributed by atoms with Gasteiger partial charge in [0.2, 0.25) is 0 Å². The summed E-state index contributed by atoms with van der Waals surface area (Å²) in [5.41, 5.74) is 8.40. The van der Waals surface area contributed by atoms with E-state index in [2.05, 4.69) is 40.0 Å². The molecule has 1 aromatic carbocycles. The van der Waals surface area contributed by atoms with E-state index in [9.17, 15) is 0 Å². The predicted octanol–water partition coefficient (Wildman–Crippen LogP) is 3.75. The fourth-order valence-electron chi connectivity index (χ4n) is 2.10. The third-order valence-corrected chi connectivity index (χ3v) is 3.89. The molecule has 0 amide bonds. The minimum Gasteiger partial charge on any atom is -0.493 e. The highest BCUT2D eigenvalue weighted by Crippen LogP contribution is 2.25. The van der Waals surface area contributed by atoms with Crippen molar-refractivity contribution in [1.82, 2.24) is 4.98 Å². The van der Waals surface area contributed by atoms with Crippen LogP contribution in [0.3, 0.4) is 0 Å². The molecule has 0 saturated carbocycles. The molecule has 0 saturated heterocycles. The molecule has 21 heavy (non-hydrogen) atoms. The molecule has 1 unspecified atom stereocenters. The van der Waals surface area contributed by atoms with Crippen molar-refractivity contribution in [2.24, 2.45) is 5.73 Å². The van der Waals surface area contributed by atoms with E-state index < -0.39 is 0 Å². The lowest BCUT2D eigenvalue weighted by molar-refractivity contribution is 0.317. The number of nitrogens with zero attached hydrogens (tertiary/aromatic N) is 1. The Balaban J connectivity index is 1.98. The maximum atomic E-state index is 6.06. The van der Waals surface area contributed by atoms with E-state index in [0.29, 0.717) is 6.61 Å². The molecule has 0 aliphatic rings. The molecular weight excluding hydrogens is 328 g/mol. The summed E-state index contributed by atoms with van der Waals surface area (Å²) in [6, 6.07) is 10.3. The van der Waals surface area contributed by atoms with Crippen molar-refractivity contribution < 1.29 is 4.74 Å². The summed E-state index contributed by atoms with van der Waals surface area (Å²) >= 11 is 3.51. The molecule has 1 heterocycles. The molecule has 0 aliphatic heterocycles. The van der Waals surface area contributed by atoms with Crippen molar-refractivity contribution in [2.45, 2.75) is 32.2 Å². The van der Waals surface area contributed by atoms with Crippen molar-refractivity contribution in [3.63, 3.8) is 0 Å². The molecule has 3 nitrogen and oxygen atoms in total. The maximum absolute atomic E-state index is 6.06. The van der Waals surface area contributed by atoms with Crippen LogP contribution in [0, 0.1) is 0 Å². The van der Waals surface area contributed by atoms with Crippen LogP contribution in [0.5, 0.6) is 5.75 Å². The second kappa shape index (κ2) is 8.15. The fraction of sp³-hybridized carbons (Fsp3) is 0.353. The first kappa shape index (κ1) is 16.0. The van der Waals surface area contributed by atoms with Gasteiger partial charge in [-0.05, 0) is 48.2 Å². The van der Waals surface area contributed by atoms with Crippen molar-refractivity contribution >= 4 is 15.9 Å². The molecule has 0 aliphatic carbocycles. The number of hydrogen-bond donors (Lipinski definition) is 1. The highest BCUT2D eigenvalue weighted by atomic mass is 79.9. The van der Waals surface area contributed by atoms with Gasteiger partial charge in [0, 0.05) is 29.3 Å². The summed E-state index contributed by atoms with van der Waals surface area (Å²) in [7, 11) is 0. The summed E-state index contributed by atoms with van der Waals surface area (Å²) < 4.78 is 6.99. The van der Waals surface area contributed by atoms with Crippen LogP contribution < -0.4 is 10.5 Å².